The van der Waals surface area contributed by atoms with Crippen LogP contribution < -0.4 is 0 Å². The van der Waals surface area contributed by atoms with Gasteiger partial charge in [-0.25, -0.2) is 0 Å². The van der Waals surface area contributed by atoms with E-state index in [9.17, 15) is 0 Å². The molecule has 32 valence electrons. The van der Waals surface area contributed by atoms with Crippen molar-refractivity contribution < 1.29 is 0 Å². The summed E-state index contributed by atoms with van der Waals surface area (Å²) in [6.07, 6.45) is 0. The molecule has 0 saturated carbocycles. The predicted octanol–water partition coefficient (Wildman–Crippen LogP) is 0.399. The van der Waals surface area contributed by atoms with Gasteiger partial charge in [0.15, 0.2) is 0 Å². The van der Waals surface area contributed by atoms with Crippen molar-refractivity contribution in [1.29, 1.82) is 0 Å². The van der Waals surface area contributed by atoms with E-state index < -0.39 is 0 Å². The molecule has 0 aromatic carbocycles. The number of nitrogens with zero attached hydrogens (tertiary/aromatic N) is 2. The standard InChI is InChI=1S/C2H2N2SSe/c5-2-4-3-1-6-2/h1H2. The van der Waals surface area contributed by atoms with Crippen molar-refractivity contribution in [3.63, 3.8) is 0 Å². The van der Waals surface area contributed by atoms with Crippen molar-refractivity contribution in [3.05, 3.63) is 0 Å². The van der Waals surface area contributed by atoms with Crippen LogP contribution in [0.4, 0.5) is 0 Å². The minimum atomic E-state index is 0.426. The van der Waals surface area contributed by atoms with Gasteiger partial charge in [-0.2, -0.15) is 0 Å². The van der Waals surface area contributed by atoms with Crippen molar-refractivity contribution >= 4 is 31.1 Å². The van der Waals surface area contributed by atoms with Crippen LogP contribution in [0.2, 0.25) is 0 Å². The molecule has 1 rings (SSSR count). The van der Waals surface area contributed by atoms with E-state index in [0.29, 0.717) is 15.0 Å². The van der Waals surface area contributed by atoms with E-state index in [-0.39, 0.29) is 0 Å². The molecular weight excluding hydrogens is 163 g/mol. The fourth-order valence-electron chi connectivity index (χ4n) is 0.200. The van der Waals surface area contributed by atoms with Crippen LogP contribution in [0.15, 0.2) is 10.2 Å². The van der Waals surface area contributed by atoms with Crippen LogP contribution in [0.25, 0.3) is 0 Å². The van der Waals surface area contributed by atoms with Gasteiger partial charge < -0.3 is 0 Å². The van der Waals surface area contributed by atoms with Crippen LogP contribution in [0.1, 0.15) is 0 Å². The van der Waals surface area contributed by atoms with Crippen LogP contribution in [-0.2, 0) is 0 Å². The topological polar surface area (TPSA) is 24.7 Å². The summed E-state index contributed by atoms with van der Waals surface area (Å²) < 4.78 is 0.808. The monoisotopic (exact) mass is 166 g/mol. The van der Waals surface area contributed by atoms with Crippen molar-refractivity contribution in [3.8, 4) is 0 Å². The molecule has 0 spiro atoms. The second kappa shape index (κ2) is 1.78. The molecule has 0 N–H and O–H groups in total. The Bertz CT molecular complexity index is 99.7. The summed E-state index contributed by atoms with van der Waals surface area (Å²) in [6.45, 7) is 0. The minimum absolute atomic E-state index is 0.426. The van der Waals surface area contributed by atoms with E-state index in [1.54, 1.807) is 0 Å². The van der Waals surface area contributed by atoms with Crippen molar-refractivity contribution in [2.24, 2.45) is 10.2 Å². The van der Waals surface area contributed by atoms with Crippen LogP contribution in [0, 0.1) is 0 Å². The van der Waals surface area contributed by atoms with Gasteiger partial charge in [-0.3, -0.25) is 0 Å². The third-order valence-electron chi connectivity index (χ3n) is 0.398. The van der Waals surface area contributed by atoms with Crippen LogP contribution in [0.5, 0.6) is 0 Å². The summed E-state index contributed by atoms with van der Waals surface area (Å²) in [4.78, 5) is 0. The first-order valence-electron chi connectivity index (χ1n) is 1.44. The van der Waals surface area contributed by atoms with Gasteiger partial charge in [0.1, 0.15) is 0 Å². The Balaban J connectivity index is 2.59. The molecule has 0 amide bonds. The second-order valence-corrected chi connectivity index (χ2v) is 3.71. The third kappa shape index (κ3) is 0.834. The molecule has 0 unspecified atom stereocenters. The van der Waals surface area contributed by atoms with E-state index in [4.69, 9.17) is 0 Å². The van der Waals surface area contributed by atoms with E-state index in [0.717, 1.165) is 9.33 Å². The van der Waals surface area contributed by atoms with Crippen LogP contribution in [-0.4, -0.2) is 24.3 Å². The molecule has 6 heavy (non-hydrogen) atoms. The first-order chi connectivity index (χ1) is 2.89. The Morgan fingerprint density at radius 3 is 2.83 bits per heavy atom. The van der Waals surface area contributed by atoms with E-state index >= 15 is 0 Å². The van der Waals surface area contributed by atoms with Gasteiger partial charge in [0.05, 0.1) is 0 Å². The van der Waals surface area contributed by atoms with Crippen molar-refractivity contribution in [2.75, 3.05) is 5.44 Å². The molecule has 0 atom stereocenters. The fraction of sp³-hybridized carbons (Fsp3) is 0.500. The third-order valence-corrected chi connectivity index (χ3v) is 2.29. The van der Waals surface area contributed by atoms with Gasteiger partial charge in [-0.1, -0.05) is 0 Å². The quantitative estimate of drug-likeness (QED) is 0.376. The van der Waals surface area contributed by atoms with E-state index in [1.165, 1.54) is 0 Å². The van der Waals surface area contributed by atoms with Gasteiger partial charge in [-0.15, -0.1) is 0 Å². The molecule has 4 heteroatoms. The molecule has 0 radical (unpaired) electrons. The zero-order valence-electron chi connectivity index (χ0n) is 2.92. The molecule has 1 aliphatic heterocycles. The number of azo groups is 1. The Hall–Kier alpha value is 0.209. The van der Waals surface area contributed by atoms with E-state index in [2.05, 4.69) is 22.4 Å². The zero-order chi connectivity index (χ0) is 4.41. The molecule has 0 bridgehead atoms. The SMILES string of the molecule is S=C1N=NC[Se]1. The van der Waals surface area contributed by atoms with Gasteiger partial charge in [-0.05, 0) is 0 Å². The molecule has 0 aliphatic carbocycles. The average Bonchev–Trinajstić information content (AvgIpc) is 1.86. The Morgan fingerprint density at radius 2 is 2.67 bits per heavy atom. The van der Waals surface area contributed by atoms with Crippen molar-refractivity contribution in [2.45, 2.75) is 0 Å². The number of thiocarbonyl (C=S) groups is 1. The summed E-state index contributed by atoms with van der Waals surface area (Å²) in [5.74, 6) is 0. The molecule has 2 nitrogen and oxygen atoms in total. The number of hydrogen-bond donors (Lipinski definition) is 0. The first kappa shape index (κ1) is 4.37. The molecule has 0 aromatic rings. The fourth-order valence-corrected chi connectivity index (χ4v) is 1.25. The van der Waals surface area contributed by atoms with Crippen LogP contribution >= 0.6 is 12.2 Å². The number of rotatable bonds is 0. The summed E-state index contributed by atoms with van der Waals surface area (Å²) in [6, 6.07) is 0. The first-order valence-corrected chi connectivity index (χ1v) is 3.91. The maximum absolute atomic E-state index is 4.69. The Kier molecular flexibility index (Phi) is 1.29. The van der Waals surface area contributed by atoms with Gasteiger partial charge >= 0.3 is 46.7 Å². The number of hydrogen-bond acceptors (Lipinski definition) is 2. The Labute approximate surface area is 47.2 Å². The summed E-state index contributed by atoms with van der Waals surface area (Å²) in [5, 5.41) is 7.30. The maximum atomic E-state index is 4.69. The summed E-state index contributed by atoms with van der Waals surface area (Å²) in [5.41, 5.74) is 0.867. The molecule has 0 fully saturated rings. The summed E-state index contributed by atoms with van der Waals surface area (Å²) in [7, 11) is 0. The van der Waals surface area contributed by atoms with Crippen LogP contribution in [0.3, 0.4) is 0 Å². The van der Waals surface area contributed by atoms with Gasteiger partial charge in [0, 0.05) is 0 Å². The average molecular weight is 165 g/mol. The summed E-state index contributed by atoms with van der Waals surface area (Å²) >= 11 is 5.11. The van der Waals surface area contributed by atoms with E-state index in [1.807, 2.05) is 0 Å². The van der Waals surface area contributed by atoms with Gasteiger partial charge in [0.25, 0.3) is 0 Å². The zero-order valence-corrected chi connectivity index (χ0v) is 5.45. The molecular formula is C2H2N2SSe. The predicted molar refractivity (Wildman–Crippen MR) is 28.1 cm³/mol. The molecule has 1 aliphatic rings. The normalized spacial score (nSPS) is 19.7. The molecule has 1 heterocycles. The second-order valence-electron chi connectivity index (χ2n) is 0.781. The molecule has 0 aromatic heterocycles. The van der Waals surface area contributed by atoms with Gasteiger partial charge in [0.2, 0.25) is 0 Å². The Morgan fingerprint density at radius 1 is 1.83 bits per heavy atom. The molecule has 0 saturated heterocycles. The van der Waals surface area contributed by atoms with Crippen molar-refractivity contribution in [1.82, 2.24) is 0 Å².